The average molecular weight is 696 g/mol. The molecule has 0 aromatic rings. The van der Waals surface area contributed by atoms with Gasteiger partial charge in [-0.25, -0.2) is 0 Å². The Morgan fingerprint density at radius 1 is 0.571 bits per heavy atom. The lowest BCUT2D eigenvalue weighted by atomic mass is 9.98. The highest BCUT2D eigenvalue weighted by molar-refractivity contribution is 5.81. The van der Waals surface area contributed by atoms with Gasteiger partial charge in [-0.2, -0.15) is 0 Å². The predicted molar refractivity (Wildman–Crippen MR) is 210 cm³/mol. The summed E-state index contributed by atoms with van der Waals surface area (Å²) in [5.41, 5.74) is 0. The number of hydrogen-bond donors (Lipinski definition) is 5. The lowest BCUT2D eigenvalue weighted by Gasteiger charge is -2.27. The highest BCUT2D eigenvalue weighted by Gasteiger charge is 2.28. The molecule has 1 amide bonds. The van der Waals surface area contributed by atoms with Gasteiger partial charge in [-0.05, 0) is 25.2 Å². The Hall–Kier alpha value is -0.950. The molecular weight excluding hydrogens is 610 g/mol. The molecule has 6 nitrogen and oxygen atoms in total. The maximum absolute atomic E-state index is 12.5. The molecule has 5 unspecified atom stereocenters. The normalized spacial score (nSPS) is 15.0. The minimum Gasteiger partial charge on any atom is -0.394 e. The van der Waals surface area contributed by atoms with Crippen LogP contribution in [0.5, 0.6) is 0 Å². The monoisotopic (exact) mass is 696 g/mol. The largest absolute Gasteiger partial charge is 0.394 e. The van der Waals surface area contributed by atoms with Gasteiger partial charge in [0.25, 0.3) is 0 Å². The van der Waals surface area contributed by atoms with E-state index in [2.05, 4.69) is 26.1 Å². The van der Waals surface area contributed by atoms with Gasteiger partial charge in [-0.1, -0.05) is 206 Å². The molecule has 6 heteroatoms. The van der Waals surface area contributed by atoms with Crippen molar-refractivity contribution >= 4 is 5.91 Å². The van der Waals surface area contributed by atoms with Crippen molar-refractivity contribution in [2.24, 2.45) is 5.92 Å². The van der Waals surface area contributed by atoms with Crippen LogP contribution in [0.25, 0.3) is 0 Å². The third-order valence-corrected chi connectivity index (χ3v) is 10.5. The Morgan fingerprint density at radius 3 is 1.41 bits per heavy atom. The second-order valence-electron chi connectivity index (χ2n) is 15.3. The van der Waals surface area contributed by atoms with Crippen LogP contribution in [0.1, 0.15) is 220 Å². The number of rotatable bonds is 38. The maximum Gasteiger partial charge on any atom is 0.249 e. The molecule has 292 valence electrons. The average Bonchev–Trinajstić information content (AvgIpc) is 3.11. The molecule has 0 radical (unpaired) electrons. The van der Waals surface area contributed by atoms with Gasteiger partial charge in [-0.15, -0.1) is 0 Å². The number of hydrogen-bond acceptors (Lipinski definition) is 5. The second-order valence-corrected chi connectivity index (χ2v) is 15.3. The van der Waals surface area contributed by atoms with Crippen LogP contribution < -0.4 is 5.32 Å². The van der Waals surface area contributed by atoms with Crippen molar-refractivity contribution in [3.63, 3.8) is 0 Å². The lowest BCUT2D eigenvalue weighted by molar-refractivity contribution is -0.132. The summed E-state index contributed by atoms with van der Waals surface area (Å²) in [5.74, 6) is 0.220. The third-order valence-electron chi connectivity index (χ3n) is 10.5. The van der Waals surface area contributed by atoms with E-state index in [0.717, 1.165) is 38.0 Å². The van der Waals surface area contributed by atoms with Gasteiger partial charge in [0.1, 0.15) is 12.2 Å². The van der Waals surface area contributed by atoms with Crippen LogP contribution >= 0.6 is 0 Å². The summed E-state index contributed by atoms with van der Waals surface area (Å²) in [7, 11) is 0. The van der Waals surface area contributed by atoms with E-state index in [-0.39, 0.29) is 6.42 Å². The van der Waals surface area contributed by atoms with Crippen LogP contribution in [-0.4, -0.2) is 57.3 Å². The van der Waals surface area contributed by atoms with Crippen molar-refractivity contribution in [2.75, 3.05) is 6.61 Å². The van der Waals surface area contributed by atoms with Crippen LogP contribution in [0.2, 0.25) is 0 Å². The first-order valence-electron chi connectivity index (χ1n) is 21.5. The number of nitrogens with one attached hydrogen (secondary N) is 1. The number of carbonyl (C=O) groups is 1. The fraction of sp³-hybridized carbons (Fsp3) is 0.930. The number of amides is 1. The number of aliphatic hydroxyl groups excluding tert-OH is 4. The Bertz CT molecular complexity index is 716. The molecule has 49 heavy (non-hydrogen) atoms. The number of allylic oxidation sites excluding steroid dienone is 1. The summed E-state index contributed by atoms with van der Waals surface area (Å²) in [5, 5.41) is 43.5. The van der Waals surface area contributed by atoms with E-state index in [0.29, 0.717) is 6.42 Å². The van der Waals surface area contributed by atoms with E-state index in [1.165, 1.54) is 154 Å². The predicted octanol–water partition coefficient (Wildman–Crippen LogP) is 10.9. The summed E-state index contributed by atoms with van der Waals surface area (Å²) < 4.78 is 0. The van der Waals surface area contributed by atoms with Crippen molar-refractivity contribution in [1.29, 1.82) is 0 Å². The standard InChI is InChI=1S/C43H85NO5/c1-4-6-7-8-9-10-11-12-13-14-15-16-17-18-19-20-23-27-30-33-36-41(47)43(49)44-39(37-45)42(48)40(46)35-32-29-26-24-21-22-25-28-31-34-38(3)5-2/h30,33,38-42,45-48H,4-29,31-32,34-37H2,1-3H3,(H,44,49). The molecule has 0 rings (SSSR count). The molecule has 0 bridgehead atoms. The minimum absolute atomic E-state index is 0.194. The van der Waals surface area contributed by atoms with Crippen LogP contribution in [0.3, 0.4) is 0 Å². The fourth-order valence-corrected chi connectivity index (χ4v) is 6.68. The molecule has 5 atom stereocenters. The van der Waals surface area contributed by atoms with Crippen LogP contribution in [0, 0.1) is 5.92 Å². The van der Waals surface area contributed by atoms with Crippen molar-refractivity contribution in [2.45, 2.75) is 244 Å². The first-order chi connectivity index (χ1) is 23.9. The molecule has 0 aromatic heterocycles. The van der Waals surface area contributed by atoms with E-state index in [9.17, 15) is 25.2 Å². The Morgan fingerprint density at radius 2 is 0.980 bits per heavy atom. The topological polar surface area (TPSA) is 110 Å². The zero-order chi connectivity index (χ0) is 36.2. The molecule has 5 N–H and O–H groups in total. The molecule has 0 aliphatic rings. The fourth-order valence-electron chi connectivity index (χ4n) is 6.68. The molecule has 0 aliphatic heterocycles. The van der Waals surface area contributed by atoms with E-state index in [4.69, 9.17) is 0 Å². The summed E-state index contributed by atoms with van der Waals surface area (Å²) in [4.78, 5) is 12.5. The zero-order valence-corrected chi connectivity index (χ0v) is 32.9. The first kappa shape index (κ1) is 48.0. The van der Waals surface area contributed by atoms with Crippen LogP contribution in [-0.2, 0) is 4.79 Å². The highest BCUT2D eigenvalue weighted by atomic mass is 16.3. The molecule has 0 heterocycles. The summed E-state index contributed by atoms with van der Waals surface area (Å²) in [6, 6.07) is -1.00. The molecular formula is C43H85NO5. The number of unbranched alkanes of at least 4 members (excludes halogenated alkanes) is 25. The van der Waals surface area contributed by atoms with Crippen molar-refractivity contribution in [3.05, 3.63) is 12.2 Å². The van der Waals surface area contributed by atoms with Crippen LogP contribution in [0.15, 0.2) is 12.2 Å². The summed E-state index contributed by atoms with van der Waals surface area (Å²) in [6.45, 7) is 6.38. The van der Waals surface area contributed by atoms with Crippen LogP contribution in [0.4, 0.5) is 0 Å². The maximum atomic E-state index is 12.5. The molecule has 0 aliphatic carbocycles. The molecule has 0 saturated carbocycles. The van der Waals surface area contributed by atoms with Gasteiger partial charge in [0.05, 0.1) is 18.8 Å². The van der Waals surface area contributed by atoms with Gasteiger partial charge in [0, 0.05) is 6.42 Å². The van der Waals surface area contributed by atoms with E-state index >= 15 is 0 Å². The van der Waals surface area contributed by atoms with Gasteiger partial charge in [0.2, 0.25) is 5.91 Å². The Balaban J connectivity index is 3.77. The van der Waals surface area contributed by atoms with Gasteiger partial charge in [0.15, 0.2) is 0 Å². The molecule has 0 aromatic carbocycles. The zero-order valence-electron chi connectivity index (χ0n) is 32.9. The van der Waals surface area contributed by atoms with Crippen molar-refractivity contribution in [1.82, 2.24) is 5.32 Å². The van der Waals surface area contributed by atoms with E-state index in [1.54, 1.807) is 0 Å². The quantitative estimate of drug-likeness (QED) is 0.0326. The second kappa shape index (κ2) is 36.8. The van der Waals surface area contributed by atoms with E-state index < -0.39 is 36.9 Å². The van der Waals surface area contributed by atoms with Crippen molar-refractivity contribution in [3.8, 4) is 0 Å². The first-order valence-corrected chi connectivity index (χ1v) is 21.5. The Kier molecular flexibility index (Phi) is 36.1. The lowest BCUT2D eigenvalue weighted by Crippen LogP contribution is -2.53. The molecule has 0 fully saturated rings. The third kappa shape index (κ3) is 31.5. The minimum atomic E-state index is -1.27. The van der Waals surface area contributed by atoms with Gasteiger partial charge < -0.3 is 25.7 Å². The number of carbonyl (C=O) groups excluding carboxylic acids is 1. The summed E-state index contributed by atoms with van der Waals surface area (Å²) in [6.07, 6.45) is 38.3. The number of aliphatic hydroxyl groups is 4. The van der Waals surface area contributed by atoms with Gasteiger partial charge in [-0.3, -0.25) is 4.79 Å². The smallest absolute Gasteiger partial charge is 0.249 e. The van der Waals surface area contributed by atoms with Gasteiger partial charge >= 0.3 is 0 Å². The molecule has 0 spiro atoms. The van der Waals surface area contributed by atoms with E-state index in [1.807, 2.05) is 12.2 Å². The molecule has 0 saturated heterocycles. The van der Waals surface area contributed by atoms with Crippen molar-refractivity contribution < 1.29 is 25.2 Å². The SMILES string of the molecule is CCCCCCCCCCCCCCCCCCCC=CCC(O)C(=O)NC(CO)C(O)C(O)CCCCCCCCCCCC(C)CC. The summed E-state index contributed by atoms with van der Waals surface area (Å²) >= 11 is 0. The Labute approximate surface area is 304 Å². The highest BCUT2D eigenvalue weighted by Crippen LogP contribution is 2.17.